The molecule has 4 rings (SSSR count). The van der Waals surface area contributed by atoms with Crippen LogP contribution in [0, 0.1) is 13.8 Å². The second-order valence-corrected chi connectivity index (χ2v) is 8.01. The van der Waals surface area contributed by atoms with Crippen molar-refractivity contribution in [3.63, 3.8) is 0 Å². The molecule has 0 aliphatic carbocycles. The maximum absolute atomic E-state index is 6.10. The van der Waals surface area contributed by atoms with Gasteiger partial charge in [0.25, 0.3) is 0 Å². The van der Waals surface area contributed by atoms with Gasteiger partial charge < -0.3 is 4.57 Å². The van der Waals surface area contributed by atoms with Gasteiger partial charge in [0.1, 0.15) is 0 Å². The number of nitrogens with zero attached hydrogens (tertiary/aromatic N) is 1. The minimum absolute atomic E-state index is 0.810. The van der Waals surface area contributed by atoms with Crippen molar-refractivity contribution in [1.29, 1.82) is 0 Å². The van der Waals surface area contributed by atoms with Crippen LogP contribution in [0.3, 0.4) is 0 Å². The van der Waals surface area contributed by atoms with E-state index in [1.54, 1.807) is 0 Å². The van der Waals surface area contributed by atoms with Crippen molar-refractivity contribution in [2.75, 3.05) is 0 Å². The fourth-order valence-electron chi connectivity index (χ4n) is 4.12. The molecule has 1 aromatic heterocycles. The Kier molecular flexibility index (Phi) is 5.28. The largest absolute Gasteiger partial charge is 0.313 e. The molecule has 1 heterocycles. The third-order valence-electron chi connectivity index (χ3n) is 5.62. The Hall–Kier alpha value is -2.51. The second kappa shape index (κ2) is 7.85. The van der Waals surface area contributed by atoms with Gasteiger partial charge in [0, 0.05) is 21.8 Å². The lowest BCUT2D eigenvalue weighted by Gasteiger charge is -2.12. The van der Waals surface area contributed by atoms with Crippen LogP contribution in [-0.2, 0) is 19.3 Å². The number of aryl methyl sites for hydroxylation is 4. The van der Waals surface area contributed by atoms with Crippen molar-refractivity contribution in [3.8, 4) is 5.69 Å². The third kappa shape index (κ3) is 3.59. The molecule has 0 fully saturated rings. The lowest BCUT2D eigenvalue weighted by atomic mass is 10.0. The Labute approximate surface area is 172 Å². The summed E-state index contributed by atoms with van der Waals surface area (Å²) < 4.78 is 2.42. The maximum atomic E-state index is 6.10. The zero-order valence-corrected chi connectivity index (χ0v) is 17.6. The van der Waals surface area contributed by atoms with Crippen LogP contribution in [0.15, 0.2) is 66.7 Å². The van der Waals surface area contributed by atoms with Crippen LogP contribution >= 0.6 is 11.6 Å². The van der Waals surface area contributed by atoms with Crippen molar-refractivity contribution in [2.24, 2.45) is 0 Å². The predicted molar refractivity (Wildman–Crippen MR) is 121 cm³/mol. The molecule has 28 heavy (non-hydrogen) atoms. The first kappa shape index (κ1) is 18.8. The molecular weight excluding hydrogens is 362 g/mol. The summed E-state index contributed by atoms with van der Waals surface area (Å²) in [6, 6.07) is 23.9. The highest BCUT2D eigenvalue weighted by atomic mass is 35.5. The Bertz CT molecular complexity index is 1120. The highest BCUT2D eigenvalue weighted by molar-refractivity contribution is 6.30. The summed E-state index contributed by atoms with van der Waals surface area (Å²) >= 11 is 6.10. The number of fused-ring (bicyclic) bond motifs is 1. The highest BCUT2D eigenvalue weighted by Crippen LogP contribution is 2.30. The number of hydrogen-bond acceptors (Lipinski definition) is 0. The molecule has 0 radical (unpaired) electrons. The van der Waals surface area contributed by atoms with Gasteiger partial charge in [0.2, 0.25) is 0 Å². The van der Waals surface area contributed by atoms with Gasteiger partial charge in [-0.25, -0.2) is 0 Å². The second-order valence-electron chi connectivity index (χ2n) is 7.58. The molecular formula is C26H26ClN. The van der Waals surface area contributed by atoms with Crippen LogP contribution in [0.4, 0.5) is 0 Å². The topological polar surface area (TPSA) is 4.93 Å². The summed E-state index contributed by atoms with van der Waals surface area (Å²) in [5.74, 6) is 0. The first-order chi connectivity index (χ1) is 13.6. The SMILES string of the molecule is CCc1c(C)c2cc(C)ccc2n1-c1ccc(CCc2cccc(Cl)c2)cc1. The molecule has 3 aromatic carbocycles. The molecule has 4 aromatic rings. The van der Waals surface area contributed by atoms with E-state index in [-0.39, 0.29) is 0 Å². The smallest absolute Gasteiger partial charge is 0.0534 e. The van der Waals surface area contributed by atoms with Crippen LogP contribution in [-0.4, -0.2) is 4.57 Å². The fourth-order valence-corrected chi connectivity index (χ4v) is 4.34. The summed E-state index contributed by atoms with van der Waals surface area (Å²) in [4.78, 5) is 0. The molecule has 2 heteroatoms. The van der Waals surface area contributed by atoms with Crippen LogP contribution in [0.1, 0.15) is 34.9 Å². The molecule has 0 bridgehead atoms. The molecule has 142 valence electrons. The van der Waals surface area contributed by atoms with Crippen LogP contribution in [0.2, 0.25) is 5.02 Å². The molecule has 0 unspecified atom stereocenters. The quantitative estimate of drug-likeness (QED) is 0.340. The van der Waals surface area contributed by atoms with Gasteiger partial charge in [-0.15, -0.1) is 0 Å². The van der Waals surface area contributed by atoms with Gasteiger partial charge in [-0.3, -0.25) is 0 Å². The summed E-state index contributed by atoms with van der Waals surface area (Å²) in [6.07, 6.45) is 3.05. The Morgan fingerprint density at radius 2 is 1.57 bits per heavy atom. The monoisotopic (exact) mass is 387 g/mol. The van der Waals surface area contributed by atoms with E-state index in [4.69, 9.17) is 11.6 Å². The van der Waals surface area contributed by atoms with E-state index in [2.05, 4.69) is 79.9 Å². The van der Waals surface area contributed by atoms with Gasteiger partial charge in [-0.2, -0.15) is 0 Å². The Morgan fingerprint density at radius 1 is 0.821 bits per heavy atom. The highest BCUT2D eigenvalue weighted by Gasteiger charge is 2.14. The van der Waals surface area contributed by atoms with Gasteiger partial charge in [0.15, 0.2) is 0 Å². The van der Waals surface area contributed by atoms with E-state index in [1.165, 1.54) is 44.5 Å². The number of halogens is 1. The Balaban J connectivity index is 1.64. The van der Waals surface area contributed by atoms with E-state index >= 15 is 0 Å². The predicted octanol–water partition coefficient (Wildman–Crippen LogP) is 7.25. The molecule has 0 aliphatic heterocycles. The summed E-state index contributed by atoms with van der Waals surface area (Å²) in [6.45, 7) is 6.65. The van der Waals surface area contributed by atoms with E-state index in [0.717, 1.165) is 24.3 Å². The summed E-state index contributed by atoms with van der Waals surface area (Å²) in [5, 5.41) is 2.17. The van der Waals surface area contributed by atoms with E-state index < -0.39 is 0 Å². The Morgan fingerprint density at radius 3 is 2.29 bits per heavy atom. The normalized spacial score (nSPS) is 11.3. The fraction of sp³-hybridized carbons (Fsp3) is 0.231. The molecule has 0 saturated heterocycles. The van der Waals surface area contributed by atoms with E-state index in [0.29, 0.717) is 0 Å². The number of hydrogen-bond donors (Lipinski definition) is 0. The average molecular weight is 388 g/mol. The van der Waals surface area contributed by atoms with Crippen LogP contribution < -0.4 is 0 Å². The van der Waals surface area contributed by atoms with Crippen LogP contribution in [0.5, 0.6) is 0 Å². The number of benzene rings is 3. The van der Waals surface area contributed by atoms with Gasteiger partial charge in [-0.1, -0.05) is 54.4 Å². The van der Waals surface area contributed by atoms with Crippen LogP contribution in [0.25, 0.3) is 16.6 Å². The molecule has 0 saturated carbocycles. The zero-order valence-electron chi connectivity index (χ0n) is 16.8. The molecule has 0 N–H and O–H groups in total. The first-order valence-corrected chi connectivity index (χ1v) is 10.4. The van der Waals surface area contributed by atoms with Crippen molar-refractivity contribution >= 4 is 22.5 Å². The lowest BCUT2D eigenvalue weighted by molar-refractivity contribution is 0.936. The van der Waals surface area contributed by atoms with Gasteiger partial charge in [0.05, 0.1) is 5.52 Å². The molecule has 0 spiro atoms. The molecule has 1 nitrogen and oxygen atoms in total. The van der Waals surface area contributed by atoms with Crippen molar-refractivity contribution in [1.82, 2.24) is 4.57 Å². The van der Waals surface area contributed by atoms with Gasteiger partial charge >= 0.3 is 0 Å². The standard InChI is InChI=1S/C26H26ClN/c1-4-25-19(3)24-16-18(2)8-15-26(24)28(25)23-13-11-20(12-14-23)9-10-21-6-5-7-22(27)17-21/h5-8,11-17H,4,9-10H2,1-3H3. The van der Waals surface area contributed by atoms with Gasteiger partial charge in [-0.05, 0) is 86.2 Å². The van der Waals surface area contributed by atoms with E-state index in [9.17, 15) is 0 Å². The average Bonchev–Trinajstić information content (AvgIpc) is 2.98. The van der Waals surface area contributed by atoms with Crippen molar-refractivity contribution in [3.05, 3.63) is 99.7 Å². The summed E-state index contributed by atoms with van der Waals surface area (Å²) in [5.41, 5.74) is 9.28. The third-order valence-corrected chi connectivity index (χ3v) is 5.86. The lowest BCUT2D eigenvalue weighted by Crippen LogP contribution is -2.00. The number of rotatable bonds is 5. The minimum atomic E-state index is 0.810. The zero-order chi connectivity index (χ0) is 19.7. The number of aromatic nitrogens is 1. The molecule has 0 atom stereocenters. The summed E-state index contributed by atoms with van der Waals surface area (Å²) in [7, 11) is 0. The molecule has 0 aliphatic rings. The molecule has 0 amide bonds. The first-order valence-electron chi connectivity index (χ1n) is 10.0. The van der Waals surface area contributed by atoms with Crippen molar-refractivity contribution in [2.45, 2.75) is 40.0 Å². The van der Waals surface area contributed by atoms with E-state index in [1.807, 2.05) is 12.1 Å². The maximum Gasteiger partial charge on any atom is 0.0534 e. The van der Waals surface area contributed by atoms with Crippen molar-refractivity contribution < 1.29 is 0 Å². The minimum Gasteiger partial charge on any atom is -0.313 e.